The van der Waals surface area contributed by atoms with E-state index in [1.54, 1.807) is 57.3 Å². The summed E-state index contributed by atoms with van der Waals surface area (Å²) in [6.45, 7) is 12.0. The van der Waals surface area contributed by atoms with Crippen molar-refractivity contribution >= 4 is 54.9 Å². The highest BCUT2D eigenvalue weighted by Crippen LogP contribution is 2.31. The Balaban J connectivity index is 1.34. The molecule has 240 valence electrons. The number of hydrogen-bond acceptors (Lipinski definition) is 8. The maximum atomic E-state index is 14.7. The first-order chi connectivity index (χ1) is 21.2. The van der Waals surface area contributed by atoms with Crippen molar-refractivity contribution in [2.45, 2.75) is 65.0 Å². The fraction of sp³-hybridized carbons (Fsp3) is 0.406. The number of fused-ring (bicyclic) bond motifs is 1. The van der Waals surface area contributed by atoms with E-state index in [-0.39, 0.29) is 23.7 Å². The lowest BCUT2D eigenvalue weighted by Crippen LogP contribution is -2.47. The van der Waals surface area contributed by atoms with Crippen molar-refractivity contribution in [3.8, 4) is 11.3 Å². The normalized spacial score (nSPS) is 18.0. The summed E-state index contributed by atoms with van der Waals surface area (Å²) in [6, 6.07) is 10.6. The van der Waals surface area contributed by atoms with Gasteiger partial charge in [0, 0.05) is 41.3 Å². The summed E-state index contributed by atoms with van der Waals surface area (Å²) < 4.78 is 47.7. The summed E-state index contributed by atoms with van der Waals surface area (Å²) >= 11 is 1.19. The summed E-state index contributed by atoms with van der Waals surface area (Å²) in [4.78, 5) is 33.6. The van der Waals surface area contributed by atoms with Crippen molar-refractivity contribution in [1.82, 2.24) is 14.3 Å². The van der Waals surface area contributed by atoms with Crippen molar-refractivity contribution in [2.75, 3.05) is 23.3 Å². The quantitative estimate of drug-likeness (QED) is 0.244. The maximum Gasteiger partial charge on any atom is 0.254 e. The monoisotopic (exact) mass is 655 g/mol. The lowest BCUT2D eigenvalue weighted by Gasteiger charge is -2.37. The van der Waals surface area contributed by atoms with E-state index >= 15 is 0 Å². The Morgan fingerprint density at radius 2 is 1.76 bits per heavy atom. The van der Waals surface area contributed by atoms with Crippen LogP contribution in [0.3, 0.4) is 0 Å². The summed E-state index contributed by atoms with van der Waals surface area (Å²) in [5.41, 5.74) is 2.35. The largest absolute Gasteiger partial charge is 0.372 e. The lowest BCUT2D eigenvalue weighted by molar-refractivity contribution is -0.118. The molecule has 2 aromatic carbocycles. The molecule has 0 bridgehead atoms. The van der Waals surface area contributed by atoms with Gasteiger partial charge >= 0.3 is 0 Å². The minimum atomic E-state index is -3.74. The van der Waals surface area contributed by atoms with E-state index in [2.05, 4.69) is 20.5 Å². The smallest absolute Gasteiger partial charge is 0.254 e. The molecule has 3 heterocycles. The average Bonchev–Trinajstić information content (AvgIpc) is 3.60. The Hall–Kier alpha value is -3.81. The predicted octanol–water partition coefficient (Wildman–Crippen LogP) is 5.50. The summed E-state index contributed by atoms with van der Waals surface area (Å²) in [6.07, 6.45) is 1.34. The SMILES string of the molecule is CC(C)[C@H](NC(=O)c1cn(S(=O)(=O)C(C)C)c2ccccc12)C(=O)Nc1nc(-c2cc(F)cc(N3C[C@@H](C)O[C@@H](C)C3)c2)cs1. The molecule has 4 aromatic rings. The highest BCUT2D eigenvalue weighted by Gasteiger charge is 2.29. The van der Waals surface area contributed by atoms with Crippen LogP contribution in [0.2, 0.25) is 0 Å². The van der Waals surface area contributed by atoms with Gasteiger partial charge in [-0.25, -0.2) is 21.8 Å². The molecule has 5 rings (SSSR count). The van der Waals surface area contributed by atoms with Gasteiger partial charge in [0.05, 0.1) is 34.2 Å². The average molecular weight is 656 g/mol. The van der Waals surface area contributed by atoms with Crippen molar-refractivity contribution < 1.29 is 27.1 Å². The van der Waals surface area contributed by atoms with E-state index in [0.717, 1.165) is 9.66 Å². The zero-order chi connectivity index (χ0) is 32.6. The van der Waals surface area contributed by atoms with E-state index in [0.29, 0.717) is 40.4 Å². The number of para-hydroxylation sites is 1. The van der Waals surface area contributed by atoms with Gasteiger partial charge in [0.15, 0.2) is 5.13 Å². The molecule has 0 radical (unpaired) electrons. The van der Waals surface area contributed by atoms with E-state index in [9.17, 15) is 22.4 Å². The molecular formula is C32H38FN5O5S2. The lowest BCUT2D eigenvalue weighted by atomic mass is 10.0. The van der Waals surface area contributed by atoms with Crippen LogP contribution in [-0.4, -0.2) is 65.8 Å². The van der Waals surface area contributed by atoms with Crippen LogP contribution < -0.4 is 15.5 Å². The van der Waals surface area contributed by atoms with Crippen LogP contribution in [0, 0.1) is 11.7 Å². The zero-order valence-corrected chi connectivity index (χ0v) is 27.7. The van der Waals surface area contributed by atoms with Gasteiger partial charge < -0.3 is 20.3 Å². The number of nitrogens with zero attached hydrogens (tertiary/aromatic N) is 3. The number of morpholine rings is 1. The molecule has 1 fully saturated rings. The first-order valence-corrected chi connectivity index (χ1v) is 17.3. The Morgan fingerprint density at radius 1 is 1.07 bits per heavy atom. The van der Waals surface area contributed by atoms with Crippen LogP contribution in [0.1, 0.15) is 51.9 Å². The van der Waals surface area contributed by atoms with Gasteiger partial charge in [-0.1, -0.05) is 32.0 Å². The molecule has 1 saturated heterocycles. The number of aromatic nitrogens is 2. The number of anilines is 2. The van der Waals surface area contributed by atoms with Crippen LogP contribution >= 0.6 is 11.3 Å². The highest BCUT2D eigenvalue weighted by atomic mass is 32.2. The Kier molecular flexibility index (Phi) is 9.33. The van der Waals surface area contributed by atoms with Crippen LogP contribution in [0.15, 0.2) is 54.0 Å². The van der Waals surface area contributed by atoms with Gasteiger partial charge in [-0.3, -0.25) is 9.59 Å². The fourth-order valence-corrected chi connectivity index (χ4v) is 7.33. The first kappa shape index (κ1) is 32.6. The summed E-state index contributed by atoms with van der Waals surface area (Å²) in [5, 5.41) is 7.38. The number of thiazole rings is 1. The first-order valence-electron chi connectivity index (χ1n) is 14.9. The molecule has 2 amide bonds. The van der Waals surface area contributed by atoms with E-state index in [1.165, 1.54) is 29.7 Å². The van der Waals surface area contributed by atoms with Crippen LogP contribution in [0.25, 0.3) is 22.2 Å². The van der Waals surface area contributed by atoms with Crippen molar-refractivity contribution in [2.24, 2.45) is 5.92 Å². The molecule has 1 aliphatic heterocycles. The number of halogens is 1. The van der Waals surface area contributed by atoms with E-state index in [4.69, 9.17) is 4.74 Å². The molecule has 1 aliphatic rings. The van der Waals surface area contributed by atoms with Crippen molar-refractivity contribution in [3.05, 3.63) is 65.4 Å². The van der Waals surface area contributed by atoms with Crippen LogP contribution in [0.4, 0.5) is 15.2 Å². The van der Waals surface area contributed by atoms with Gasteiger partial charge in [0.1, 0.15) is 11.9 Å². The van der Waals surface area contributed by atoms with Gasteiger partial charge in [-0.15, -0.1) is 11.3 Å². The van der Waals surface area contributed by atoms with Gasteiger partial charge in [0.25, 0.3) is 5.91 Å². The molecule has 10 nitrogen and oxygen atoms in total. The topological polar surface area (TPSA) is 123 Å². The number of hydrogen-bond donors (Lipinski definition) is 2. The maximum absolute atomic E-state index is 14.7. The molecular weight excluding hydrogens is 618 g/mol. The third-order valence-corrected chi connectivity index (χ3v) is 10.5. The second-order valence-corrected chi connectivity index (χ2v) is 15.3. The molecule has 45 heavy (non-hydrogen) atoms. The van der Waals surface area contributed by atoms with Gasteiger partial charge in [-0.05, 0) is 57.9 Å². The third kappa shape index (κ3) is 6.90. The molecule has 0 aliphatic carbocycles. The Morgan fingerprint density at radius 3 is 2.42 bits per heavy atom. The number of benzene rings is 2. The van der Waals surface area contributed by atoms with Crippen molar-refractivity contribution in [3.63, 3.8) is 0 Å². The molecule has 2 N–H and O–H groups in total. The number of carbonyl (C=O) groups excluding carboxylic acids is 2. The van der Waals surface area contributed by atoms with Crippen molar-refractivity contribution in [1.29, 1.82) is 0 Å². The minimum Gasteiger partial charge on any atom is -0.372 e. The number of rotatable bonds is 9. The Bertz CT molecular complexity index is 1820. The van der Waals surface area contributed by atoms with Gasteiger partial charge in [0.2, 0.25) is 15.9 Å². The summed E-state index contributed by atoms with van der Waals surface area (Å²) in [7, 11) is -3.74. The molecule has 0 saturated carbocycles. The molecule has 0 unspecified atom stereocenters. The summed E-state index contributed by atoms with van der Waals surface area (Å²) in [5.74, 6) is -1.74. The van der Waals surface area contributed by atoms with E-state index in [1.807, 2.05) is 19.9 Å². The molecule has 3 atom stereocenters. The number of nitrogens with one attached hydrogen (secondary N) is 2. The minimum absolute atomic E-state index is 0.0164. The fourth-order valence-electron chi connectivity index (χ4n) is 5.46. The Labute approximate surface area is 266 Å². The molecule has 2 aromatic heterocycles. The number of amides is 2. The highest BCUT2D eigenvalue weighted by molar-refractivity contribution is 7.90. The molecule has 13 heteroatoms. The number of ether oxygens (including phenoxy) is 1. The third-order valence-electron chi connectivity index (χ3n) is 7.73. The van der Waals surface area contributed by atoms with E-state index < -0.39 is 38.9 Å². The standard InChI is InChI=1S/C32H38FN5O5S2/c1-18(2)29(35-30(39)26-16-38(45(41,42)19(3)4)28-10-8-7-9-25(26)28)31(40)36-32-34-27(17-44-32)22-11-23(33)13-24(12-22)37-14-20(5)43-21(6)15-37/h7-13,16-21,29H,14-15H2,1-6H3,(H,35,39)(H,34,36,40)/t20-,21+,29-/m0/s1. The zero-order valence-electron chi connectivity index (χ0n) is 26.1. The van der Waals surface area contributed by atoms with Crippen LogP contribution in [0.5, 0.6) is 0 Å². The second-order valence-electron chi connectivity index (χ2n) is 12.0. The van der Waals surface area contributed by atoms with Gasteiger partial charge in [-0.2, -0.15) is 0 Å². The number of carbonyl (C=O) groups is 2. The predicted molar refractivity (Wildman–Crippen MR) is 176 cm³/mol. The molecule has 0 spiro atoms. The van der Waals surface area contributed by atoms with Crippen LogP contribution in [-0.2, 0) is 19.6 Å². The second kappa shape index (κ2) is 12.9.